The minimum absolute atomic E-state index is 0.111. The van der Waals surface area contributed by atoms with Gasteiger partial charge in [0.1, 0.15) is 6.10 Å². The Balaban J connectivity index is 2.04. The van der Waals surface area contributed by atoms with E-state index in [1.165, 1.54) is 0 Å². The summed E-state index contributed by atoms with van der Waals surface area (Å²) in [7, 11) is -3.55. The van der Waals surface area contributed by atoms with Crippen molar-refractivity contribution in [3.05, 3.63) is 10.4 Å². The summed E-state index contributed by atoms with van der Waals surface area (Å²) in [5, 5.41) is 3.50. The first-order chi connectivity index (χ1) is 9.72. The third kappa shape index (κ3) is 4.29. The molecule has 2 fully saturated rings. The Bertz CT molecular complexity index is 530. The van der Waals surface area contributed by atoms with E-state index >= 15 is 0 Å². The molecule has 10 heteroatoms. The highest BCUT2D eigenvalue weighted by Gasteiger charge is 2.54. The Hall–Kier alpha value is -0.900. The summed E-state index contributed by atoms with van der Waals surface area (Å²) in [5.74, 6) is -0.918. The number of ether oxygens (including phenoxy) is 3. The third-order valence-corrected chi connectivity index (χ3v) is 3.93. The minimum Gasteiger partial charge on any atom is -0.344 e. The van der Waals surface area contributed by atoms with E-state index in [9.17, 15) is 8.42 Å². The third-order valence-electron chi connectivity index (χ3n) is 3.37. The maximum Gasteiger partial charge on any atom is 0.264 e. The molecule has 0 spiro atoms. The fraction of sp³-hybridized carbons (Fsp3) is 1.00. The van der Waals surface area contributed by atoms with Gasteiger partial charge in [0.25, 0.3) is 10.1 Å². The molecule has 0 bridgehead atoms. The van der Waals surface area contributed by atoms with Gasteiger partial charge >= 0.3 is 0 Å². The summed E-state index contributed by atoms with van der Waals surface area (Å²) in [5.41, 5.74) is 8.35. The van der Waals surface area contributed by atoms with Crippen molar-refractivity contribution in [2.75, 3.05) is 19.4 Å². The van der Waals surface area contributed by atoms with Gasteiger partial charge in [-0.1, -0.05) is 5.11 Å². The normalized spacial score (nSPS) is 34.4. The van der Waals surface area contributed by atoms with Crippen LogP contribution in [0.15, 0.2) is 5.11 Å². The lowest BCUT2D eigenvalue weighted by Gasteiger charge is -2.25. The van der Waals surface area contributed by atoms with Gasteiger partial charge < -0.3 is 14.2 Å². The van der Waals surface area contributed by atoms with Gasteiger partial charge in [0.2, 0.25) is 0 Å². The van der Waals surface area contributed by atoms with E-state index in [0.717, 1.165) is 6.26 Å². The minimum atomic E-state index is -3.55. The fourth-order valence-corrected chi connectivity index (χ4v) is 2.97. The summed E-state index contributed by atoms with van der Waals surface area (Å²) in [6.45, 7) is 3.72. The second-order valence-corrected chi connectivity index (χ2v) is 7.18. The van der Waals surface area contributed by atoms with Gasteiger partial charge in [0.05, 0.1) is 19.0 Å². The van der Waals surface area contributed by atoms with Gasteiger partial charge in [-0.25, -0.2) is 0 Å². The molecule has 2 aliphatic rings. The monoisotopic (exact) mass is 321 g/mol. The first-order valence-electron chi connectivity index (χ1n) is 6.58. The maximum absolute atomic E-state index is 11.1. The molecule has 0 saturated carbocycles. The van der Waals surface area contributed by atoms with Gasteiger partial charge in [-0.15, -0.1) is 0 Å². The topological polar surface area (TPSA) is 120 Å². The molecule has 0 N–H and O–H groups in total. The van der Waals surface area contributed by atoms with Crippen LogP contribution in [0.25, 0.3) is 10.4 Å². The quantitative estimate of drug-likeness (QED) is 0.313. The molecule has 120 valence electrons. The van der Waals surface area contributed by atoms with Gasteiger partial charge in [-0.2, -0.15) is 8.42 Å². The van der Waals surface area contributed by atoms with Crippen molar-refractivity contribution in [3.8, 4) is 0 Å². The molecule has 21 heavy (non-hydrogen) atoms. The number of hydrogen-bond acceptors (Lipinski definition) is 7. The molecule has 0 aliphatic carbocycles. The SMILES string of the molecule is CC1(C)O[C@@H]2O[C@H](COS(C)(=O)=O)[C@H](CCN=[N+]=[N-])[C@@H]2O1. The average molecular weight is 321 g/mol. The van der Waals surface area contributed by atoms with E-state index in [0.29, 0.717) is 6.42 Å². The Kier molecular flexibility index (Phi) is 4.76. The molecule has 2 heterocycles. The lowest BCUT2D eigenvalue weighted by molar-refractivity contribution is -0.212. The molecule has 0 amide bonds. The predicted octanol–water partition coefficient (Wildman–Crippen LogP) is 1.16. The standard InChI is InChI=1S/C11H19N3O6S/c1-11(2)19-9-7(4-5-13-14-12)8(18-10(9)20-11)6-17-21(3,15)16/h7-10H,4-6H2,1-3H3/t7-,8+,9-,10-/m0/s1. The van der Waals surface area contributed by atoms with Crippen molar-refractivity contribution in [1.82, 2.24) is 0 Å². The zero-order chi connectivity index (χ0) is 15.7. The van der Waals surface area contributed by atoms with Gasteiger partial charge in [-0.3, -0.25) is 4.18 Å². The van der Waals surface area contributed by atoms with Crippen LogP contribution < -0.4 is 0 Å². The van der Waals surface area contributed by atoms with Crippen LogP contribution in [0.1, 0.15) is 20.3 Å². The molecular formula is C11H19N3O6S. The van der Waals surface area contributed by atoms with Crippen molar-refractivity contribution >= 4 is 10.1 Å². The summed E-state index contributed by atoms with van der Waals surface area (Å²) in [4.78, 5) is 2.71. The van der Waals surface area contributed by atoms with Crippen LogP contribution in [0.5, 0.6) is 0 Å². The number of hydrogen-bond donors (Lipinski definition) is 0. The van der Waals surface area contributed by atoms with Crippen LogP contribution in [0.3, 0.4) is 0 Å². The zero-order valence-electron chi connectivity index (χ0n) is 12.1. The average Bonchev–Trinajstić information content (AvgIpc) is 2.79. The van der Waals surface area contributed by atoms with Crippen molar-refractivity contribution in [2.24, 2.45) is 11.0 Å². The highest BCUT2D eigenvalue weighted by molar-refractivity contribution is 7.85. The van der Waals surface area contributed by atoms with Gasteiger partial charge in [-0.05, 0) is 25.8 Å². The Morgan fingerprint density at radius 2 is 2.10 bits per heavy atom. The molecule has 2 rings (SSSR count). The first kappa shape index (κ1) is 16.5. The summed E-state index contributed by atoms with van der Waals surface area (Å²) >= 11 is 0. The molecule has 0 aromatic rings. The lowest BCUT2D eigenvalue weighted by Crippen LogP contribution is -2.33. The molecule has 2 aliphatic heterocycles. The fourth-order valence-electron chi connectivity index (χ4n) is 2.59. The highest BCUT2D eigenvalue weighted by Crippen LogP contribution is 2.42. The summed E-state index contributed by atoms with van der Waals surface area (Å²) < 4.78 is 44.1. The number of nitrogens with zero attached hydrogens (tertiary/aromatic N) is 3. The second-order valence-electron chi connectivity index (χ2n) is 5.54. The molecule has 9 nitrogen and oxygen atoms in total. The molecule has 0 radical (unpaired) electrons. The summed E-state index contributed by atoms with van der Waals surface area (Å²) in [6, 6.07) is 0. The van der Waals surface area contributed by atoms with Crippen molar-refractivity contribution in [1.29, 1.82) is 0 Å². The van der Waals surface area contributed by atoms with Crippen LogP contribution in [-0.2, 0) is 28.5 Å². The lowest BCUT2D eigenvalue weighted by atomic mass is 9.95. The van der Waals surface area contributed by atoms with E-state index in [2.05, 4.69) is 10.0 Å². The maximum atomic E-state index is 11.1. The zero-order valence-corrected chi connectivity index (χ0v) is 12.9. The van der Waals surface area contributed by atoms with E-state index in [1.54, 1.807) is 13.8 Å². The van der Waals surface area contributed by atoms with E-state index < -0.39 is 28.3 Å². The number of azide groups is 1. The number of rotatable bonds is 6. The largest absolute Gasteiger partial charge is 0.344 e. The smallest absolute Gasteiger partial charge is 0.264 e. The van der Waals surface area contributed by atoms with Crippen LogP contribution in [0, 0.1) is 5.92 Å². The molecule has 0 aromatic heterocycles. The van der Waals surface area contributed by atoms with Gasteiger partial charge in [0.15, 0.2) is 12.1 Å². The highest BCUT2D eigenvalue weighted by atomic mass is 32.2. The van der Waals surface area contributed by atoms with Crippen LogP contribution in [0.2, 0.25) is 0 Å². The second kappa shape index (κ2) is 6.07. The Labute approximate surface area is 123 Å². The molecule has 4 atom stereocenters. The number of fused-ring (bicyclic) bond motifs is 1. The van der Waals surface area contributed by atoms with Crippen LogP contribution in [0.4, 0.5) is 0 Å². The van der Waals surface area contributed by atoms with Crippen LogP contribution in [-0.4, -0.2) is 52.1 Å². The first-order valence-corrected chi connectivity index (χ1v) is 8.40. The van der Waals surface area contributed by atoms with Crippen molar-refractivity contribution < 1.29 is 26.8 Å². The molecule has 0 unspecified atom stereocenters. The summed E-state index contributed by atoms with van der Waals surface area (Å²) in [6.07, 6.45) is 0.0991. The van der Waals surface area contributed by atoms with E-state index in [1.807, 2.05) is 0 Å². The Morgan fingerprint density at radius 3 is 2.71 bits per heavy atom. The van der Waals surface area contributed by atoms with E-state index in [4.69, 9.17) is 23.9 Å². The molecular weight excluding hydrogens is 302 g/mol. The molecule has 0 aromatic carbocycles. The van der Waals surface area contributed by atoms with Crippen molar-refractivity contribution in [3.63, 3.8) is 0 Å². The molecule has 2 saturated heterocycles. The predicted molar refractivity (Wildman–Crippen MR) is 71.6 cm³/mol. The van der Waals surface area contributed by atoms with Crippen molar-refractivity contribution in [2.45, 2.75) is 44.6 Å². The Morgan fingerprint density at radius 1 is 1.38 bits per heavy atom. The van der Waals surface area contributed by atoms with E-state index in [-0.39, 0.29) is 25.2 Å². The van der Waals surface area contributed by atoms with Gasteiger partial charge in [0, 0.05) is 17.4 Å². The van der Waals surface area contributed by atoms with Crippen LogP contribution >= 0.6 is 0 Å².